The van der Waals surface area contributed by atoms with Gasteiger partial charge in [0.1, 0.15) is 18.2 Å². The molecular weight excluding hydrogens is 543 g/mol. The predicted molar refractivity (Wildman–Crippen MR) is 150 cm³/mol. The molecule has 1 aliphatic carbocycles. The van der Waals surface area contributed by atoms with Crippen molar-refractivity contribution in [1.29, 1.82) is 0 Å². The van der Waals surface area contributed by atoms with Crippen LogP contribution in [0.2, 0.25) is 0 Å². The van der Waals surface area contributed by atoms with E-state index in [1.54, 1.807) is 25.7 Å². The van der Waals surface area contributed by atoms with Crippen molar-refractivity contribution in [2.24, 2.45) is 5.92 Å². The van der Waals surface area contributed by atoms with Gasteiger partial charge in [-0.3, -0.25) is 4.79 Å². The van der Waals surface area contributed by atoms with Crippen molar-refractivity contribution >= 4 is 32.5 Å². The second-order valence-electron chi connectivity index (χ2n) is 12.4. The number of carbonyl (C=O) groups is 1. The largest absolute Gasteiger partial charge is 0.416 e. The predicted octanol–water partition coefficient (Wildman–Crippen LogP) is 4.75. The summed E-state index contributed by atoms with van der Waals surface area (Å²) in [6, 6.07) is 2.88. The molecule has 4 atom stereocenters. The lowest BCUT2D eigenvalue weighted by Gasteiger charge is -2.45. The van der Waals surface area contributed by atoms with Gasteiger partial charge in [-0.15, -0.1) is 0 Å². The summed E-state index contributed by atoms with van der Waals surface area (Å²) in [5.74, 6) is -0.230. The number of nitrogens with one attached hydrogen (secondary N) is 1. The molecule has 1 unspecified atom stereocenters. The number of benzene rings is 1. The Hall–Kier alpha value is -2.47. The van der Waals surface area contributed by atoms with E-state index in [0.717, 1.165) is 18.6 Å². The number of alkyl halides is 3. The van der Waals surface area contributed by atoms with Gasteiger partial charge in [-0.1, -0.05) is 0 Å². The molecule has 4 rings (SSSR count). The van der Waals surface area contributed by atoms with E-state index in [-0.39, 0.29) is 40.9 Å². The van der Waals surface area contributed by atoms with E-state index in [2.05, 4.69) is 41.1 Å². The highest BCUT2D eigenvalue weighted by molar-refractivity contribution is 7.92. The average molecular weight is 584 g/mol. The summed E-state index contributed by atoms with van der Waals surface area (Å²) in [6.45, 7) is 9.78. The van der Waals surface area contributed by atoms with Crippen LogP contribution in [0.3, 0.4) is 0 Å². The van der Waals surface area contributed by atoms with Crippen molar-refractivity contribution in [1.82, 2.24) is 19.8 Å². The first-order chi connectivity index (χ1) is 18.5. The third kappa shape index (κ3) is 6.22. The lowest BCUT2D eigenvalue weighted by atomic mass is 9.81. The van der Waals surface area contributed by atoms with Crippen molar-refractivity contribution in [3.8, 4) is 0 Å². The molecule has 0 bridgehead atoms. The first-order valence-electron chi connectivity index (χ1n) is 13.8. The Kier molecular flexibility index (Phi) is 8.44. The Morgan fingerprint density at radius 2 is 1.82 bits per heavy atom. The summed E-state index contributed by atoms with van der Waals surface area (Å²) in [6.07, 6.45) is -0.609. The van der Waals surface area contributed by atoms with E-state index in [1.807, 2.05) is 0 Å². The van der Waals surface area contributed by atoms with E-state index in [1.165, 1.54) is 12.4 Å². The molecule has 12 heteroatoms. The topological polar surface area (TPSA) is 95.5 Å². The van der Waals surface area contributed by atoms with Crippen molar-refractivity contribution in [2.45, 2.75) is 95.4 Å². The summed E-state index contributed by atoms with van der Waals surface area (Å²) in [7, 11) is -1.37. The number of fused-ring (bicyclic) bond motifs is 1. The summed E-state index contributed by atoms with van der Waals surface area (Å²) in [5, 5.41) is 3.26. The number of likely N-dealkylation sites (tertiary alicyclic amines) is 1. The molecule has 1 aromatic carbocycles. The lowest BCUT2D eigenvalue weighted by Crippen LogP contribution is -2.53. The number of halogens is 3. The first-order valence-corrected chi connectivity index (χ1v) is 15.5. The zero-order chi connectivity index (χ0) is 29.6. The summed E-state index contributed by atoms with van der Waals surface area (Å²) in [5.41, 5.74) is -0.476. The van der Waals surface area contributed by atoms with Crippen LogP contribution in [0, 0.1) is 5.92 Å². The van der Waals surface area contributed by atoms with Gasteiger partial charge in [-0.25, -0.2) is 18.4 Å². The maximum atomic E-state index is 13.7. The number of rotatable bonds is 7. The van der Waals surface area contributed by atoms with E-state index >= 15 is 0 Å². The molecule has 1 aliphatic heterocycles. The van der Waals surface area contributed by atoms with Gasteiger partial charge in [0.05, 0.1) is 21.6 Å². The monoisotopic (exact) mass is 583 g/mol. The Labute approximate surface area is 234 Å². The SMILES string of the molecule is CC(C)N(C)[C@@H]1CC[C@H](N2CCC(Nc3ncnc4ccc(C(F)(F)F)cc34)C2=O)[C@H](CS(=O)(=O)C(C)(C)C)C1. The van der Waals surface area contributed by atoms with Crippen LogP contribution in [0.1, 0.15) is 65.9 Å². The number of hydrogen-bond acceptors (Lipinski definition) is 7. The van der Waals surface area contributed by atoms with E-state index < -0.39 is 32.4 Å². The molecule has 222 valence electrons. The maximum Gasteiger partial charge on any atom is 0.416 e. The molecule has 1 aromatic heterocycles. The Bertz CT molecular complexity index is 1340. The quantitative estimate of drug-likeness (QED) is 0.503. The van der Waals surface area contributed by atoms with Crippen LogP contribution in [0.4, 0.5) is 19.0 Å². The van der Waals surface area contributed by atoms with E-state index in [9.17, 15) is 26.4 Å². The van der Waals surface area contributed by atoms with Gasteiger partial charge in [0.25, 0.3) is 0 Å². The van der Waals surface area contributed by atoms with Gasteiger partial charge in [0, 0.05) is 30.1 Å². The fraction of sp³-hybridized carbons (Fsp3) is 0.679. The van der Waals surface area contributed by atoms with Crippen molar-refractivity contribution in [2.75, 3.05) is 24.7 Å². The fourth-order valence-corrected chi connectivity index (χ4v) is 7.24. The summed E-state index contributed by atoms with van der Waals surface area (Å²) >= 11 is 0. The molecular formula is C28H40F3N5O3S. The fourth-order valence-electron chi connectivity index (χ4n) is 5.81. The zero-order valence-electron chi connectivity index (χ0n) is 24.0. The highest BCUT2D eigenvalue weighted by atomic mass is 32.2. The molecule has 8 nitrogen and oxygen atoms in total. The first kappa shape index (κ1) is 30.5. The van der Waals surface area contributed by atoms with Crippen molar-refractivity contribution in [3.05, 3.63) is 30.1 Å². The third-order valence-corrected chi connectivity index (χ3v) is 11.3. The number of anilines is 1. The maximum absolute atomic E-state index is 13.7. The minimum Gasteiger partial charge on any atom is -0.358 e. The number of carbonyl (C=O) groups excluding carboxylic acids is 1. The van der Waals surface area contributed by atoms with E-state index in [0.29, 0.717) is 37.4 Å². The molecule has 1 amide bonds. The van der Waals surface area contributed by atoms with Gasteiger partial charge < -0.3 is 15.1 Å². The highest BCUT2D eigenvalue weighted by Gasteiger charge is 2.45. The standard InChI is InChI=1S/C28H40F3N5O3S/c1-17(2)35(6)20-8-10-24(18(13-20)15-40(38,39)27(3,4)5)36-12-11-23(26(36)37)34-25-21-14-19(28(29,30)31)7-9-22(21)32-16-33-25/h7,9,14,16-18,20,23-24H,8,10-13,15H2,1-6H3,(H,32,33,34)/t18-,20+,23?,24-/m0/s1. The molecule has 1 N–H and O–H groups in total. The van der Waals surface area contributed by atoms with Gasteiger partial charge in [0.2, 0.25) is 5.91 Å². The van der Waals surface area contributed by atoms with Crippen LogP contribution in [0.5, 0.6) is 0 Å². The Morgan fingerprint density at radius 1 is 1.12 bits per heavy atom. The molecule has 2 aliphatic rings. The second kappa shape index (κ2) is 11.1. The van der Waals surface area contributed by atoms with Crippen LogP contribution >= 0.6 is 0 Å². The third-order valence-electron chi connectivity index (χ3n) is 8.59. The molecule has 2 heterocycles. The zero-order valence-corrected chi connectivity index (χ0v) is 24.8. The highest BCUT2D eigenvalue weighted by Crippen LogP contribution is 2.37. The Balaban J connectivity index is 1.57. The van der Waals surface area contributed by atoms with Crippen LogP contribution in [0.15, 0.2) is 24.5 Å². The van der Waals surface area contributed by atoms with Gasteiger partial charge in [-0.05, 0) is 91.5 Å². The normalized spacial score (nSPS) is 24.9. The van der Waals surface area contributed by atoms with Gasteiger partial charge in [-0.2, -0.15) is 13.2 Å². The molecule has 2 aromatic rings. The minimum atomic E-state index is -4.52. The number of nitrogens with zero attached hydrogens (tertiary/aromatic N) is 4. The lowest BCUT2D eigenvalue weighted by molar-refractivity contribution is -0.137. The van der Waals surface area contributed by atoms with Gasteiger partial charge >= 0.3 is 6.18 Å². The van der Waals surface area contributed by atoms with E-state index in [4.69, 9.17) is 0 Å². The molecule has 1 saturated heterocycles. The summed E-state index contributed by atoms with van der Waals surface area (Å²) < 4.78 is 65.7. The smallest absolute Gasteiger partial charge is 0.358 e. The Morgan fingerprint density at radius 3 is 2.45 bits per heavy atom. The molecule has 0 radical (unpaired) electrons. The number of amides is 1. The molecule has 40 heavy (non-hydrogen) atoms. The van der Waals surface area contributed by atoms with Crippen LogP contribution in [-0.4, -0.2) is 82.4 Å². The van der Waals surface area contributed by atoms with Crippen molar-refractivity contribution < 1.29 is 26.4 Å². The minimum absolute atomic E-state index is 0.00223. The summed E-state index contributed by atoms with van der Waals surface area (Å²) in [4.78, 5) is 26.0. The van der Waals surface area contributed by atoms with Gasteiger partial charge in [0.15, 0.2) is 9.84 Å². The number of aromatic nitrogens is 2. The number of hydrogen-bond donors (Lipinski definition) is 1. The second-order valence-corrected chi connectivity index (χ2v) is 15.2. The van der Waals surface area contributed by atoms with Crippen LogP contribution in [-0.2, 0) is 20.8 Å². The molecule has 0 spiro atoms. The number of sulfone groups is 1. The van der Waals surface area contributed by atoms with Crippen LogP contribution in [0.25, 0.3) is 10.9 Å². The van der Waals surface area contributed by atoms with Crippen molar-refractivity contribution in [3.63, 3.8) is 0 Å². The molecule has 1 saturated carbocycles. The molecule has 2 fully saturated rings. The average Bonchev–Trinajstić information content (AvgIpc) is 3.21. The van der Waals surface area contributed by atoms with Crippen LogP contribution < -0.4 is 5.32 Å².